The smallest absolute Gasteiger partial charge is 0.331 e. The Morgan fingerprint density at radius 3 is 2.52 bits per heavy atom. The lowest BCUT2D eigenvalue weighted by molar-refractivity contribution is -0.136. The van der Waals surface area contributed by atoms with Crippen molar-refractivity contribution in [3.63, 3.8) is 0 Å². The zero-order chi connectivity index (χ0) is 17.6. The Hall–Kier alpha value is -2.79. The number of halogens is 1. The third-order valence-corrected chi connectivity index (χ3v) is 3.74. The molecular weight excluding hydrogens is 344 g/mol. The highest BCUT2D eigenvalue weighted by atomic mass is 35.5. The second-order valence-electron chi connectivity index (χ2n) is 5.27. The summed E-state index contributed by atoms with van der Waals surface area (Å²) in [6, 6.07) is 11.9. The van der Waals surface area contributed by atoms with E-state index in [4.69, 9.17) is 25.8 Å². The Labute approximate surface area is 149 Å². The standard InChI is InChI=1S/C19H15ClO5/c20-15-5-1-13(2-6-15)3-8-19(22)25-12-16(21)14-4-7-17-18(11-14)24-10-9-23-17/h1-8,11H,9-10,12H2. The fraction of sp³-hybridized carbons (Fsp3) is 0.158. The number of benzene rings is 2. The number of carbonyl (C=O) groups is 2. The molecule has 5 nitrogen and oxygen atoms in total. The highest BCUT2D eigenvalue weighted by Gasteiger charge is 2.15. The molecule has 2 aromatic rings. The molecule has 0 spiro atoms. The Morgan fingerprint density at radius 2 is 1.76 bits per heavy atom. The zero-order valence-corrected chi connectivity index (χ0v) is 14.0. The summed E-state index contributed by atoms with van der Waals surface area (Å²) in [7, 11) is 0. The van der Waals surface area contributed by atoms with Crippen molar-refractivity contribution in [2.75, 3.05) is 19.8 Å². The summed E-state index contributed by atoms with van der Waals surface area (Å²) in [5.41, 5.74) is 1.21. The van der Waals surface area contributed by atoms with Crippen LogP contribution >= 0.6 is 11.6 Å². The molecule has 0 amide bonds. The molecular formula is C19H15ClO5. The first-order chi connectivity index (χ1) is 12.1. The maximum atomic E-state index is 12.1. The Balaban J connectivity index is 1.54. The van der Waals surface area contributed by atoms with E-state index in [1.807, 2.05) is 0 Å². The van der Waals surface area contributed by atoms with Gasteiger partial charge in [-0.25, -0.2) is 4.79 Å². The van der Waals surface area contributed by atoms with E-state index in [1.165, 1.54) is 6.08 Å². The van der Waals surface area contributed by atoms with Crippen molar-refractivity contribution in [2.24, 2.45) is 0 Å². The van der Waals surface area contributed by atoms with Crippen LogP contribution in [0.1, 0.15) is 15.9 Å². The molecule has 0 unspecified atom stereocenters. The van der Waals surface area contributed by atoms with E-state index in [2.05, 4.69) is 0 Å². The summed E-state index contributed by atoms with van der Waals surface area (Å²) < 4.78 is 15.8. The second kappa shape index (κ2) is 7.85. The van der Waals surface area contributed by atoms with E-state index in [9.17, 15) is 9.59 Å². The highest BCUT2D eigenvalue weighted by Crippen LogP contribution is 2.30. The third-order valence-electron chi connectivity index (χ3n) is 3.49. The minimum Gasteiger partial charge on any atom is -0.486 e. The van der Waals surface area contributed by atoms with Gasteiger partial charge in [-0.05, 0) is 42.0 Å². The molecule has 0 fully saturated rings. The van der Waals surface area contributed by atoms with Crippen LogP contribution in [0.4, 0.5) is 0 Å². The molecule has 3 rings (SSSR count). The molecule has 128 valence electrons. The molecule has 0 saturated carbocycles. The number of hydrogen-bond donors (Lipinski definition) is 0. The molecule has 2 aromatic carbocycles. The lowest BCUT2D eigenvalue weighted by atomic mass is 10.1. The van der Waals surface area contributed by atoms with Crippen molar-refractivity contribution in [1.29, 1.82) is 0 Å². The minimum atomic E-state index is -0.596. The van der Waals surface area contributed by atoms with E-state index in [0.29, 0.717) is 35.3 Å². The van der Waals surface area contributed by atoms with Crippen molar-refractivity contribution in [3.8, 4) is 11.5 Å². The summed E-state index contributed by atoms with van der Waals surface area (Å²) >= 11 is 5.79. The lowest BCUT2D eigenvalue weighted by Crippen LogP contribution is -2.17. The molecule has 6 heteroatoms. The second-order valence-corrected chi connectivity index (χ2v) is 5.71. The van der Waals surface area contributed by atoms with Crippen LogP contribution in [0, 0.1) is 0 Å². The van der Waals surface area contributed by atoms with Gasteiger partial charge < -0.3 is 14.2 Å². The predicted molar refractivity (Wildman–Crippen MR) is 93.2 cm³/mol. The molecule has 0 aliphatic carbocycles. The van der Waals surface area contributed by atoms with E-state index >= 15 is 0 Å². The van der Waals surface area contributed by atoms with Crippen molar-refractivity contribution in [2.45, 2.75) is 0 Å². The molecule has 0 atom stereocenters. The van der Waals surface area contributed by atoms with Crippen molar-refractivity contribution in [3.05, 3.63) is 64.7 Å². The number of fused-ring (bicyclic) bond motifs is 1. The Kier molecular flexibility index (Phi) is 5.36. The third kappa shape index (κ3) is 4.61. The first-order valence-corrected chi connectivity index (χ1v) is 8.03. The monoisotopic (exact) mass is 358 g/mol. The Morgan fingerprint density at radius 1 is 1.04 bits per heavy atom. The molecule has 1 aliphatic rings. The first-order valence-electron chi connectivity index (χ1n) is 7.65. The van der Waals surface area contributed by atoms with Gasteiger partial charge in [0.25, 0.3) is 0 Å². The van der Waals surface area contributed by atoms with Gasteiger partial charge in [0.1, 0.15) is 13.2 Å². The van der Waals surface area contributed by atoms with Crippen molar-refractivity contribution >= 4 is 29.4 Å². The van der Waals surface area contributed by atoms with Gasteiger partial charge in [0.05, 0.1) is 0 Å². The maximum absolute atomic E-state index is 12.1. The average Bonchev–Trinajstić information content (AvgIpc) is 2.65. The molecule has 0 N–H and O–H groups in total. The van der Waals surface area contributed by atoms with Gasteiger partial charge in [-0.1, -0.05) is 23.7 Å². The van der Waals surface area contributed by atoms with Crippen LogP contribution < -0.4 is 9.47 Å². The number of carbonyl (C=O) groups excluding carboxylic acids is 2. The number of hydrogen-bond acceptors (Lipinski definition) is 5. The number of Topliss-reactive ketones (excluding diaryl/α,β-unsaturated/α-hetero) is 1. The fourth-order valence-corrected chi connectivity index (χ4v) is 2.35. The van der Waals surface area contributed by atoms with Crippen LogP contribution in [0.15, 0.2) is 48.5 Å². The van der Waals surface area contributed by atoms with Crippen LogP contribution in [-0.2, 0) is 9.53 Å². The normalized spacial score (nSPS) is 12.8. The van der Waals surface area contributed by atoms with E-state index in [-0.39, 0.29) is 12.4 Å². The lowest BCUT2D eigenvalue weighted by Gasteiger charge is -2.18. The SMILES string of the molecule is O=C(C=Cc1ccc(Cl)cc1)OCC(=O)c1ccc2c(c1)OCCO2. The summed E-state index contributed by atoms with van der Waals surface area (Å²) in [5.74, 6) is 0.211. The van der Waals surface area contributed by atoms with Crippen LogP contribution in [0.25, 0.3) is 6.08 Å². The molecule has 1 aliphatic heterocycles. The van der Waals surface area contributed by atoms with Gasteiger partial charge in [-0.15, -0.1) is 0 Å². The fourth-order valence-electron chi connectivity index (χ4n) is 2.22. The molecule has 0 aromatic heterocycles. The average molecular weight is 359 g/mol. The summed E-state index contributed by atoms with van der Waals surface area (Å²) in [6.45, 7) is 0.580. The Bertz CT molecular complexity index is 811. The molecule has 0 saturated heterocycles. The molecule has 1 heterocycles. The van der Waals surface area contributed by atoms with Crippen LogP contribution in [0.3, 0.4) is 0 Å². The highest BCUT2D eigenvalue weighted by molar-refractivity contribution is 6.30. The molecule has 0 radical (unpaired) electrons. The minimum absolute atomic E-state index is 0.315. The van der Waals surface area contributed by atoms with Crippen molar-refractivity contribution < 1.29 is 23.8 Å². The largest absolute Gasteiger partial charge is 0.486 e. The van der Waals surface area contributed by atoms with Crippen LogP contribution in [0.5, 0.6) is 11.5 Å². The van der Waals surface area contributed by atoms with E-state index < -0.39 is 5.97 Å². The topological polar surface area (TPSA) is 61.8 Å². The predicted octanol–water partition coefficient (Wildman–Crippen LogP) is 3.55. The summed E-state index contributed by atoms with van der Waals surface area (Å²) in [6.07, 6.45) is 2.85. The van der Waals surface area contributed by atoms with Crippen LogP contribution in [0.2, 0.25) is 5.02 Å². The van der Waals surface area contributed by atoms with Gasteiger partial charge in [0.15, 0.2) is 23.9 Å². The van der Waals surface area contributed by atoms with Crippen molar-refractivity contribution in [1.82, 2.24) is 0 Å². The number of ketones is 1. The van der Waals surface area contributed by atoms with E-state index in [1.54, 1.807) is 48.5 Å². The number of esters is 1. The van der Waals surface area contributed by atoms with Gasteiger partial charge in [-0.3, -0.25) is 4.79 Å². The zero-order valence-electron chi connectivity index (χ0n) is 13.2. The number of ether oxygens (including phenoxy) is 3. The molecule has 25 heavy (non-hydrogen) atoms. The first kappa shape index (κ1) is 17.0. The number of rotatable bonds is 5. The van der Waals surface area contributed by atoms with Crippen LogP contribution in [-0.4, -0.2) is 31.6 Å². The summed E-state index contributed by atoms with van der Waals surface area (Å²) in [4.78, 5) is 23.9. The molecule has 0 bridgehead atoms. The van der Waals surface area contributed by atoms with Gasteiger partial charge in [0, 0.05) is 16.7 Å². The van der Waals surface area contributed by atoms with E-state index in [0.717, 1.165) is 5.56 Å². The van der Waals surface area contributed by atoms with Gasteiger partial charge in [-0.2, -0.15) is 0 Å². The maximum Gasteiger partial charge on any atom is 0.331 e. The summed E-state index contributed by atoms with van der Waals surface area (Å²) in [5, 5.41) is 0.616. The van der Waals surface area contributed by atoms with Gasteiger partial charge >= 0.3 is 5.97 Å². The van der Waals surface area contributed by atoms with Gasteiger partial charge in [0.2, 0.25) is 0 Å². The quantitative estimate of drug-likeness (QED) is 0.464.